The molecule has 2 aromatic rings. The van der Waals surface area contributed by atoms with E-state index in [1.165, 1.54) is 11.3 Å². The molecule has 0 spiro atoms. The van der Waals surface area contributed by atoms with Gasteiger partial charge in [0.25, 0.3) is 0 Å². The molecule has 1 aliphatic heterocycles. The Morgan fingerprint density at radius 2 is 2.17 bits per heavy atom. The molecule has 0 bridgehead atoms. The maximum atomic E-state index is 4.14. The lowest BCUT2D eigenvalue weighted by Gasteiger charge is -2.24. The van der Waals surface area contributed by atoms with Gasteiger partial charge in [0.2, 0.25) is 0 Å². The molecule has 1 N–H and O–H groups in total. The van der Waals surface area contributed by atoms with E-state index in [1.807, 2.05) is 4.68 Å². The number of fused-ring (bicyclic) bond motifs is 1. The van der Waals surface area contributed by atoms with E-state index in [9.17, 15) is 0 Å². The molecule has 1 aliphatic rings. The first-order chi connectivity index (χ1) is 8.93. The number of hydrogen-bond donors (Lipinski definition) is 1. The number of nitrogens with zero attached hydrogens (tertiary/aromatic N) is 4. The van der Waals surface area contributed by atoms with Crippen LogP contribution in [0.15, 0.2) is 36.9 Å². The van der Waals surface area contributed by atoms with Crippen molar-refractivity contribution in [3.63, 3.8) is 0 Å². The van der Waals surface area contributed by atoms with Gasteiger partial charge in [0, 0.05) is 31.9 Å². The molecule has 5 heteroatoms. The average molecular weight is 243 g/mol. The summed E-state index contributed by atoms with van der Waals surface area (Å²) in [5.41, 5.74) is 2.70. The molecule has 94 valence electrons. The summed E-state index contributed by atoms with van der Waals surface area (Å²) < 4.78 is 1.88. The fourth-order valence-electron chi connectivity index (χ4n) is 2.33. The van der Waals surface area contributed by atoms with Crippen LogP contribution in [0.2, 0.25) is 0 Å². The van der Waals surface area contributed by atoms with E-state index in [0.29, 0.717) is 0 Å². The number of nitrogens with one attached hydrogen (secondary N) is 1. The van der Waals surface area contributed by atoms with Crippen molar-refractivity contribution in [1.29, 1.82) is 0 Å². The maximum absolute atomic E-state index is 4.14. The zero-order valence-electron chi connectivity index (χ0n) is 10.3. The van der Waals surface area contributed by atoms with E-state index >= 15 is 0 Å². The van der Waals surface area contributed by atoms with E-state index in [1.54, 1.807) is 12.7 Å². The van der Waals surface area contributed by atoms with Crippen molar-refractivity contribution < 1.29 is 0 Å². The fraction of sp³-hybridized carbons (Fsp3) is 0.385. The molecule has 0 amide bonds. The number of aromatic nitrogens is 3. The van der Waals surface area contributed by atoms with Crippen LogP contribution in [-0.2, 0) is 13.1 Å². The maximum Gasteiger partial charge on any atom is 0.137 e. The van der Waals surface area contributed by atoms with Crippen LogP contribution in [0, 0.1) is 0 Å². The highest BCUT2D eigenvalue weighted by Crippen LogP contribution is 2.21. The van der Waals surface area contributed by atoms with Crippen LogP contribution >= 0.6 is 0 Å². The Hall–Kier alpha value is -1.88. The standard InChI is InChI=1S/C13H17N5/c1-2-4-13-12(3-1)9-14-5-6-17(13)7-8-18-11-15-10-16-18/h1-4,10-11,14H,5-9H2. The quantitative estimate of drug-likeness (QED) is 0.869. The van der Waals surface area contributed by atoms with Crippen molar-refractivity contribution in [2.45, 2.75) is 13.1 Å². The Balaban J connectivity index is 1.75. The molecule has 0 fully saturated rings. The first-order valence-electron chi connectivity index (χ1n) is 6.29. The average Bonchev–Trinajstić information content (AvgIpc) is 2.84. The van der Waals surface area contributed by atoms with Gasteiger partial charge in [-0.25, -0.2) is 4.98 Å². The lowest BCUT2D eigenvalue weighted by molar-refractivity contribution is 0.589. The fourth-order valence-corrected chi connectivity index (χ4v) is 2.33. The highest BCUT2D eigenvalue weighted by molar-refractivity contribution is 5.54. The summed E-state index contributed by atoms with van der Waals surface area (Å²) in [6, 6.07) is 8.59. The number of para-hydroxylation sites is 1. The monoisotopic (exact) mass is 243 g/mol. The van der Waals surface area contributed by atoms with Crippen molar-refractivity contribution in [3.8, 4) is 0 Å². The van der Waals surface area contributed by atoms with Crippen LogP contribution in [0.3, 0.4) is 0 Å². The SMILES string of the molecule is c1ccc2c(c1)CNCCN2CCn1cncn1. The summed E-state index contributed by atoms with van der Waals surface area (Å²) in [7, 11) is 0. The van der Waals surface area contributed by atoms with Gasteiger partial charge in [-0.15, -0.1) is 0 Å². The van der Waals surface area contributed by atoms with E-state index in [4.69, 9.17) is 0 Å². The highest BCUT2D eigenvalue weighted by Gasteiger charge is 2.13. The Bertz CT molecular complexity index is 494. The molecular weight excluding hydrogens is 226 g/mol. The molecule has 5 nitrogen and oxygen atoms in total. The molecule has 0 saturated heterocycles. The van der Waals surface area contributed by atoms with Crippen molar-refractivity contribution in [1.82, 2.24) is 20.1 Å². The Labute approximate surface area is 106 Å². The van der Waals surface area contributed by atoms with Gasteiger partial charge in [-0.2, -0.15) is 5.10 Å². The molecular formula is C13H17N5. The minimum atomic E-state index is 0.869. The van der Waals surface area contributed by atoms with Crippen molar-refractivity contribution in [2.75, 3.05) is 24.5 Å². The minimum absolute atomic E-state index is 0.869. The first-order valence-corrected chi connectivity index (χ1v) is 6.29. The van der Waals surface area contributed by atoms with E-state index in [2.05, 4.69) is 44.6 Å². The number of hydrogen-bond acceptors (Lipinski definition) is 4. The van der Waals surface area contributed by atoms with Crippen LogP contribution in [0.25, 0.3) is 0 Å². The van der Waals surface area contributed by atoms with Crippen LogP contribution < -0.4 is 10.2 Å². The van der Waals surface area contributed by atoms with Crippen LogP contribution in [0.1, 0.15) is 5.56 Å². The van der Waals surface area contributed by atoms with Gasteiger partial charge in [0.1, 0.15) is 12.7 Å². The minimum Gasteiger partial charge on any atom is -0.368 e. The van der Waals surface area contributed by atoms with Crippen LogP contribution in [0.5, 0.6) is 0 Å². The highest BCUT2D eigenvalue weighted by atomic mass is 15.3. The van der Waals surface area contributed by atoms with Crippen molar-refractivity contribution >= 4 is 5.69 Å². The summed E-state index contributed by atoms with van der Waals surface area (Å²) >= 11 is 0. The molecule has 1 aromatic heterocycles. The third kappa shape index (κ3) is 2.36. The molecule has 0 radical (unpaired) electrons. The smallest absolute Gasteiger partial charge is 0.137 e. The Morgan fingerprint density at radius 3 is 3.06 bits per heavy atom. The summed E-state index contributed by atoms with van der Waals surface area (Å²) in [6.07, 6.45) is 3.35. The number of benzene rings is 1. The Kier molecular flexibility index (Phi) is 3.23. The second-order valence-electron chi connectivity index (χ2n) is 4.45. The molecule has 2 heterocycles. The normalized spacial score (nSPS) is 15.2. The van der Waals surface area contributed by atoms with Gasteiger partial charge in [-0.3, -0.25) is 4.68 Å². The van der Waals surface area contributed by atoms with Gasteiger partial charge in [0.05, 0.1) is 6.54 Å². The van der Waals surface area contributed by atoms with E-state index < -0.39 is 0 Å². The summed E-state index contributed by atoms with van der Waals surface area (Å²) in [5, 5.41) is 7.59. The number of rotatable bonds is 3. The van der Waals surface area contributed by atoms with Crippen molar-refractivity contribution in [2.24, 2.45) is 0 Å². The van der Waals surface area contributed by atoms with Crippen molar-refractivity contribution in [3.05, 3.63) is 42.5 Å². The topological polar surface area (TPSA) is 46.0 Å². The summed E-state index contributed by atoms with van der Waals surface area (Å²) in [5.74, 6) is 0. The Morgan fingerprint density at radius 1 is 1.22 bits per heavy atom. The predicted octanol–water partition coefficient (Wildman–Crippen LogP) is 0.888. The molecule has 18 heavy (non-hydrogen) atoms. The van der Waals surface area contributed by atoms with Gasteiger partial charge in [0.15, 0.2) is 0 Å². The molecule has 0 atom stereocenters. The van der Waals surface area contributed by atoms with Gasteiger partial charge >= 0.3 is 0 Å². The third-order valence-electron chi connectivity index (χ3n) is 3.27. The summed E-state index contributed by atoms with van der Waals surface area (Å²) in [4.78, 5) is 6.38. The van der Waals surface area contributed by atoms with Gasteiger partial charge < -0.3 is 10.2 Å². The van der Waals surface area contributed by atoms with Gasteiger partial charge in [-0.1, -0.05) is 18.2 Å². The molecule has 0 saturated carbocycles. The largest absolute Gasteiger partial charge is 0.368 e. The molecule has 3 rings (SSSR count). The lowest BCUT2D eigenvalue weighted by Crippen LogP contribution is -2.31. The van der Waals surface area contributed by atoms with Crippen LogP contribution in [0.4, 0.5) is 5.69 Å². The third-order valence-corrected chi connectivity index (χ3v) is 3.27. The first kappa shape index (κ1) is 11.2. The summed E-state index contributed by atoms with van der Waals surface area (Å²) in [6.45, 7) is 4.84. The zero-order chi connectivity index (χ0) is 12.2. The lowest BCUT2D eigenvalue weighted by atomic mass is 10.1. The van der Waals surface area contributed by atoms with E-state index in [0.717, 1.165) is 32.7 Å². The van der Waals surface area contributed by atoms with Gasteiger partial charge in [-0.05, 0) is 11.6 Å². The molecule has 0 aliphatic carbocycles. The predicted molar refractivity (Wildman–Crippen MR) is 70.4 cm³/mol. The second-order valence-corrected chi connectivity index (χ2v) is 4.45. The van der Waals surface area contributed by atoms with E-state index in [-0.39, 0.29) is 0 Å². The molecule has 1 aromatic carbocycles. The number of anilines is 1. The molecule has 0 unspecified atom stereocenters. The zero-order valence-corrected chi connectivity index (χ0v) is 10.3. The van der Waals surface area contributed by atoms with Crippen LogP contribution in [-0.4, -0.2) is 34.4 Å². The second kappa shape index (κ2) is 5.18.